The second kappa shape index (κ2) is 10.9. The van der Waals surface area contributed by atoms with E-state index in [1.165, 1.54) is 42.4 Å². The highest BCUT2D eigenvalue weighted by Crippen LogP contribution is 2.31. The first-order chi connectivity index (χ1) is 14.2. The van der Waals surface area contributed by atoms with Gasteiger partial charge in [0.1, 0.15) is 0 Å². The van der Waals surface area contributed by atoms with Gasteiger partial charge in [-0.3, -0.25) is 9.71 Å². The van der Waals surface area contributed by atoms with Gasteiger partial charge in [-0.1, -0.05) is 24.1 Å². The topological polar surface area (TPSA) is 72.8 Å². The molecule has 0 bridgehead atoms. The van der Waals surface area contributed by atoms with Crippen molar-refractivity contribution < 1.29 is 22.0 Å². The number of alkyl halides is 5. The molecule has 0 aliphatic rings. The predicted octanol–water partition coefficient (Wildman–Crippen LogP) is 4.74. The molecule has 0 atom stereocenters. The van der Waals surface area contributed by atoms with Gasteiger partial charge in [0.2, 0.25) is 0 Å². The highest BCUT2D eigenvalue weighted by atomic mass is 32.2. The third-order valence-corrected chi connectivity index (χ3v) is 4.54. The lowest BCUT2D eigenvalue weighted by molar-refractivity contribution is -0.137. The van der Waals surface area contributed by atoms with Crippen molar-refractivity contribution in [1.29, 1.82) is 5.41 Å². The standard InChI is InChI=1S/C19H20F5N5S/c1-26-30-9-8-27-17-11-29-16(10-14(17)15(25)6-7-28-18(20)21)12-2-4-13(5-3-12)19(22,23)24/h2-7,10-11,18,25-28H,8-9H2,1H3/b7-6-,25-15?. The van der Waals surface area contributed by atoms with Crippen molar-refractivity contribution in [2.45, 2.75) is 12.7 Å². The number of nitrogens with one attached hydrogen (secondary N) is 4. The summed E-state index contributed by atoms with van der Waals surface area (Å²) in [4.78, 5) is 4.27. The zero-order valence-electron chi connectivity index (χ0n) is 15.9. The summed E-state index contributed by atoms with van der Waals surface area (Å²) in [6, 6.07) is 6.03. The lowest BCUT2D eigenvalue weighted by atomic mass is 10.0. The number of benzene rings is 1. The first-order valence-corrected chi connectivity index (χ1v) is 9.70. The van der Waals surface area contributed by atoms with Gasteiger partial charge in [0, 0.05) is 29.6 Å². The Bertz CT molecular complexity index is 869. The molecule has 1 aromatic heterocycles. The van der Waals surface area contributed by atoms with Crippen LogP contribution in [0, 0.1) is 5.41 Å². The number of rotatable bonds is 10. The van der Waals surface area contributed by atoms with Gasteiger partial charge in [-0.15, -0.1) is 0 Å². The van der Waals surface area contributed by atoms with Crippen LogP contribution in [0.1, 0.15) is 11.1 Å². The van der Waals surface area contributed by atoms with E-state index in [0.29, 0.717) is 34.8 Å². The first kappa shape index (κ1) is 23.6. The maximum atomic E-state index is 12.8. The molecule has 0 fully saturated rings. The summed E-state index contributed by atoms with van der Waals surface area (Å²) in [5.74, 6) is 0.715. The zero-order chi connectivity index (χ0) is 22.1. The number of nitrogens with zero attached hydrogens (tertiary/aromatic N) is 1. The van der Waals surface area contributed by atoms with Gasteiger partial charge in [0.25, 0.3) is 0 Å². The Hall–Kier alpha value is -2.66. The second-order valence-corrected chi connectivity index (χ2v) is 6.99. The summed E-state index contributed by atoms with van der Waals surface area (Å²) in [5.41, 5.74) is 0.830. The molecular formula is C19H20F5N5S. The number of anilines is 1. The minimum Gasteiger partial charge on any atom is -0.382 e. The summed E-state index contributed by atoms with van der Waals surface area (Å²) >= 11 is 1.48. The van der Waals surface area contributed by atoms with Gasteiger partial charge < -0.3 is 16.0 Å². The van der Waals surface area contributed by atoms with Crippen LogP contribution in [0.15, 0.2) is 48.8 Å². The van der Waals surface area contributed by atoms with E-state index in [1.807, 2.05) is 0 Å². The van der Waals surface area contributed by atoms with Crippen molar-refractivity contribution in [2.75, 3.05) is 24.7 Å². The fourth-order valence-corrected chi connectivity index (χ4v) is 2.85. The largest absolute Gasteiger partial charge is 0.416 e. The monoisotopic (exact) mass is 445 g/mol. The summed E-state index contributed by atoms with van der Waals surface area (Å²) < 4.78 is 65.8. The number of hydrogen-bond acceptors (Lipinski definition) is 6. The molecule has 1 heterocycles. The van der Waals surface area contributed by atoms with Crippen LogP contribution < -0.4 is 15.4 Å². The molecule has 0 amide bonds. The molecular weight excluding hydrogens is 425 g/mol. The van der Waals surface area contributed by atoms with E-state index in [1.54, 1.807) is 12.4 Å². The first-order valence-electron chi connectivity index (χ1n) is 8.72. The van der Waals surface area contributed by atoms with Gasteiger partial charge in [-0.2, -0.15) is 22.0 Å². The minimum atomic E-state index is -4.44. The molecule has 162 valence electrons. The van der Waals surface area contributed by atoms with Gasteiger partial charge in [-0.25, -0.2) is 0 Å². The lowest BCUT2D eigenvalue weighted by Gasteiger charge is -2.13. The van der Waals surface area contributed by atoms with Crippen molar-refractivity contribution in [3.05, 3.63) is 59.9 Å². The molecule has 2 rings (SSSR count). The van der Waals surface area contributed by atoms with Gasteiger partial charge in [0.05, 0.1) is 28.9 Å². The Labute approximate surface area is 174 Å². The molecule has 11 heteroatoms. The highest BCUT2D eigenvalue weighted by molar-refractivity contribution is 7.97. The zero-order valence-corrected chi connectivity index (χ0v) is 16.7. The molecule has 5 nitrogen and oxygen atoms in total. The van der Waals surface area contributed by atoms with Crippen LogP contribution in [-0.2, 0) is 6.18 Å². The SMILES string of the molecule is CNSCCNc1cnc(-c2ccc(C(F)(F)F)cc2)cc1C(=N)/C=C\NC(F)F. The number of allylic oxidation sites excluding steroid dienone is 1. The van der Waals surface area contributed by atoms with Crippen LogP contribution in [0.3, 0.4) is 0 Å². The van der Waals surface area contributed by atoms with E-state index in [2.05, 4.69) is 15.0 Å². The van der Waals surface area contributed by atoms with Gasteiger partial charge >= 0.3 is 12.7 Å². The molecule has 4 N–H and O–H groups in total. The fourth-order valence-electron chi connectivity index (χ4n) is 2.44. The second-order valence-electron chi connectivity index (χ2n) is 5.88. The van der Waals surface area contributed by atoms with E-state index in [9.17, 15) is 22.0 Å². The number of halogens is 5. The van der Waals surface area contributed by atoms with Crippen LogP contribution in [0.5, 0.6) is 0 Å². The third kappa shape index (κ3) is 6.99. The summed E-state index contributed by atoms with van der Waals surface area (Å²) in [5, 5.41) is 13.1. The van der Waals surface area contributed by atoms with Crippen LogP contribution in [0.2, 0.25) is 0 Å². The number of hydrogen-bond donors (Lipinski definition) is 4. The Balaban J connectivity index is 2.32. The molecule has 0 unspecified atom stereocenters. The van der Waals surface area contributed by atoms with Crippen LogP contribution >= 0.6 is 11.9 Å². The molecule has 0 aliphatic heterocycles. The highest BCUT2D eigenvalue weighted by Gasteiger charge is 2.30. The molecule has 0 radical (unpaired) electrons. The quantitative estimate of drug-likeness (QED) is 0.140. The Kier molecular flexibility index (Phi) is 8.60. The molecule has 0 saturated heterocycles. The Morgan fingerprint density at radius 1 is 1.23 bits per heavy atom. The van der Waals surface area contributed by atoms with Crippen molar-refractivity contribution in [3.8, 4) is 11.3 Å². The van der Waals surface area contributed by atoms with E-state index in [4.69, 9.17) is 5.41 Å². The average Bonchev–Trinajstić information content (AvgIpc) is 2.70. The average molecular weight is 445 g/mol. The third-order valence-electron chi connectivity index (χ3n) is 3.84. The smallest absolute Gasteiger partial charge is 0.382 e. The summed E-state index contributed by atoms with van der Waals surface area (Å²) in [6.07, 6.45) is -0.840. The number of pyridine rings is 1. The maximum Gasteiger partial charge on any atom is 0.416 e. The fraction of sp³-hybridized carbons (Fsp3) is 0.263. The molecule has 0 saturated carbocycles. The maximum absolute atomic E-state index is 12.8. The van der Waals surface area contributed by atoms with E-state index in [0.717, 1.165) is 18.3 Å². The summed E-state index contributed by atoms with van der Waals surface area (Å²) in [7, 11) is 1.78. The van der Waals surface area contributed by atoms with Gasteiger partial charge in [-0.05, 0) is 31.3 Å². The lowest BCUT2D eigenvalue weighted by Crippen LogP contribution is -2.14. The van der Waals surface area contributed by atoms with Crippen LogP contribution in [0.25, 0.3) is 11.3 Å². The molecule has 2 aromatic rings. The molecule has 1 aromatic carbocycles. The van der Waals surface area contributed by atoms with E-state index >= 15 is 0 Å². The normalized spacial score (nSPS) is 11.8. The Morgan fingerprint density at radius 3 is 2.53 bits per heavy atom. The van der Waals surface area contributed by atoms with Crippen LogP contribution in [-0.4, -0.2) is 36.6 Å². The molecule has 0 spiro atoms. The van der Waals surface area contributed by atoms with Crippen molar-refractivity contribution >= 4 is 23.3 Å². The van der Waals surface area contributed by atoms with Crippen LogP contribution in [0.4, 0.5) is 27.6 Å². The van der Waals surface area contributed by atoms with Crippen molar-refractivity contribution in [2.24, 2.45) is 0 Å². The predicted molar refractivity (Wildman–Crippen MR) is 110 cm³/mol. The molecule has 0 aliphatic carbocycles. The van der Waals surface area contributed by atoms with Crippen molar-refractivity contribution in [1.82, 2.24) is 15.0 Å². The van der Waals surface area contributed by atoms with E-state index in [-0.39, 0.29) is 5.71 Å². The van der Waals surface area contributed by atoms with E-state index < -0.39 is 18.3 Å². The molecule has 30 heavy (non-hydrogen) atoms. The van der Waals surface area contributed by atoms with Crippen molar-refractivity contribution in [3.63, 3.8) is 0 Å². The minimum absolute atomic E-state index is 0.0671. The summed E-state index contributed by atoms with van der Waals surface area (Å²) in [6.45, 7) is -2.21. The van der Waals surface area contributed by atoms with Gasteiger partial charge in [0.15, 0.2) is 0 Å². The Morgan fingerprint density at radius 2 is 1.93 bits per heavy atom. The number of aromatic nitrogens is 1.